The Morgan fingerprint density at radius 1 is 1.15 bits per heavy atom. The van der Waals surface area contributed by atoms with Crippen LogP contribution in [0.2, 0.25) is 0 Å². The minimum absolute atomic E-state index is 0.0446. The number of aromatic nitrogens is 1. The molecule has 2 heterocycles. The lowest BCUT2D eigenvalue weighted by molar-refractivity contribution is -0.118. The zero-order valence-corrected chi connectivity index (χ0v) is 10.5. The van der Waals surface area contributed by atoms with Gasteiger partial charge in [0.05, 0.1) is 12.1 Å². The third-order valence-corrected chi connectivity index (χ3v) is 3.76. The molecular formula is C16H11NO3. The van der Waals surface area contributed by atoms with Crippen LogP contribution >= 0.6 is 0 Å². The number of nitrogens with zero attached hydrogens (tertiary/aromatic N) is 1. The largest absolute Gasteiger partial charge is 0.461 e. The van der Waals surface area contributed by atoms with Gasteiger partial charge in [-0.3, -0.25) is 4.79 Å². The van der Waals surface area contributed by atoms with Gasteiger partial charge in [-0.1, -0.05) is 29.4 Å². The molecule has 98 valence electrons. The van der Waals surface area contributed by atoms with Crippen LogP contribution in [0.25, 0.3) is 0 Å². The van der Waals surface area contributed by atoms with E-state index in [0.717, 1.165) is 16.9 Å². The third kappa shape index (κ3) is 1.54. The molecule has 2 atom stereocenters. The standard InChI is InChI=1S/C16H11NO3/c18-12-5-3-7-14-16(12)15(10-8-17-19-9-10)11-4-1-2-6-13(11)20-14/h1-9,15-16H. The minimum Gasteiger partial charge on any atom is -0.461 e. The Kier molecular flexibility index (Phi) is 2.36. The van der Waals surface area contributed by atoms with E-state index in [9.17, 15) is 4.79 Å². The highest BCUT2D eigenvalue weighted by Gasteiger charge is 2.41. The van der Waals surface area contributed by atoms with Crippen LogP contribution in [0.3, 0.4) is 0 Å². The van der Waals surface area contributed by atoms with Crippen molar-refractivity contribution in [2.45, 2.75) is 5.92 Å². The Labute approximate surface area is 115 Å². The normalized spacial score (nSPS) is 23.6. The molecule has 4 nitrogen and oxygen atoms in total. The Balaban J connectivity index is 1.94. The summed E-state index contributed by atoms with van der Waals surface area (Å²) in [5, 5.41) is 3.77. The van der Waals surface area contributed by atoms with E-state index in [1.165, 1.54) is 0 Å². The van der Waals surface area contributed by atoms with Crippen LogP contribution in [0.5, 0.6) is 5.75 Å². The molecule has 2 aliphatic rings. The van der Waals surface area contributed by atoms with Gasteiger partial charge in [-0.25, -0.2) is 0 Å². The van der Waals surface area contributed by atoms with Gasteiger partial charge in [0.2, 0.25) is 0 Å². The molecule has 1 aromatic heterocycles. The lowest BCUT2D eigenvalue weighted by atomic mass is 9.75. The fraction of sp³-hybridized carbons (Fsp3) is 0.125. The predicted molar refractivity (Wildman–Crippen MR) is 71.1 cm³/mol. The second-order valence-corrected chi connectivity index (χ2v) is 4.88. The molecular weight excluding hydrogens is 254 g/mol. The number of para-hydroxylation sites is 1. The van der Waals surface area contributed by atoms with Crippen LogP contribution in [0.1, 0.15) is 17.0 Å². The lowest BCUT2D eigenvalue weighted by Gasteiger charge is -2.34. The molecule has 1 aliphatic heterocycles. The number of carbonyl (C=O) groups excluding carboxylic acids is 1. The number of ketones is 1. The maximum absolute atomic E-state index is 12.3. The van der Waals surface area contributed by atoms with Gasteiger partial charge >= 0.3 is 0 Å². The number of hydrogen-bond donors (Lipinski definition) is 0. The second-order valence-electron chi connectivity index (χ2n) is 4.88. The molecule has 0 saturated carbocycles. The first-order valence-corrected chi connectivity index (χ1v) is 6.43. The number of hydrogen-bond acceptors (Lipinski definition) is 4. The molecule has 1 aliphatic carbocycles. The van der Waals surface area contributed by atoms with Crippen LogP contribution in [-0.4, -0.2) is 10.9 Å². The summed E-state index contributed by atoms with van der Waals surface area (Å²) < 4.78 is 10.8. The van der Waals surface area contributed by atoms with Crippen molar-refractivity contribution in [1.29, 1.82) is 0 Å². The van der Waals surface area contributed by atoms with E-state index in [2.05, 4.69) is 5.16 Å². The minimum atomic E-state index is -0.339. The molecule has 20 heavy (non-hydrogen) atoms. The zero-order chi connectivity index (χ0) is 13.5. The molecule has 0 N–H and O–H groups in total. The first kappa shape index (κ1) is 11.2. The number of carbonyl (C=O) groups is 1. The summed E-state index contributed by atoms with van der Waals surface area (Å²) in [6.07, 6.45) is 8.42. The van der Waals surface area contributed by atoms with Crippen LogP contribution < -0.4 is 4.74 Å². The van der Waals surface area contributed by atoms with Gasteiger partial charge < -0.3 is 9.26 Å². The van der Waals surface area contributed by atoms with Gasteiger partial charge in [0.15, 0.2) is 5.78 Å². The van der Waals surface area contributed by atoms with Crippen molar-refractivity contribution in [2.75, 3.05) is 0 Å². The van der Waals surface area contributed by atoms with Crippen molar-refractivity contribution in [1.82, 2.24) is 5.16 Å². The number of fused-ring (bicyclic) bond motifs is 2. The van der Waals surface area contributed by atoms with Crippen LogP contribution in [0.15, 0.2) is 65.2 Å². The summed E-state index contributed by atoms with van der Waals surface area (Å²) in [4.78, 5) is 12.3. The fourth-order valence-corrected chi connectivity index (χ4v) is 2.89. The van der Waals surface area contributed by atoms with Crippen molar-refractivity contribution in [2.24, 2.45) is 5.92 Å². The van der Waals surface area contributed by atoms with Gasteiger partial charge in [0.1, 0.15) is 17.8 Å². The molecule has 2 aromatic rings. The lowest BCUT2D eigenvalue weighted by Crippen LogP contribution is -2.31. The summed E-state index contributed by atoms with van der Waals surface area (Å²) in [6.45, 7) is 0. The second kappa shape index (κ2) is 4.20. The van der Waals surface area contributed by atoms with Crippen molar-refractivity contribution >= 4 is 5.78 Å². The molecule has 2 unspecified atom stereocenters. The molecule has 1 aromatic carbocycles. The highest BCUT2D eigenvalue weighted by Crippen LogP contribution is 2.46. The average molecular weight is 265 g/mol. The molecule has 0 saturated heterocycles. The molecule has 4 rings (SSSR count). The van der Waals surface area contributed by atoms with Gasteiger partial charge in [-0.05, 0) is 18.2 Å². The fourth-order valence-electron chi connectivity index (χ4n) is 2.89. The predicted octanol–water partition coefficient (Wildman–Crippen LogP) is 2.84. The van der Waals surface area contributed by atoms with Crippen LogP contribution in [0.4, 0.5) is 0 Å². The zero-order valence-electron chi connectivity index (χ0n) is 10.5. The van der Waals surface area contributed by atoms with E-state index in [1.807, 2.05) is 30.3 Å². The summed E-state index contributed by atoms with van der Waals surface area (Å²) >= 11 is 0. The Hall–Kier alpha value is -2.62. The maximum atomic E-state index is 12.3. The van der Waals surface area contributed by atoms with Crippen LogP contribution in [0, 0.1) is 5.92 Å². The van der Waals surface area contributed by atoms with Gasteiger partial charge in [-0.2, -0.15) is 0 Å². The van der Waals surface area contributed by atoms with E-state index in [0.29, 0.717) is 5.76 Å². The van der Waals surface area contributed by atoms with Crippen molar-refractivity contribution in [3.8, 4) is 5.75 Å². The van der Waals surface area contributed by atoms with E-state index >= 15 is 0 Å². The first-order chi connectivity index (χ1) is 9.84. The highest BCUT2D eigenvalue weighted by molar-refractivity contribution is 5.96. The van der Waals surface area contributed by atoms with Crippen molar-refractivity contribution < 1.29 is 14.1 Å². The third-order valence-electron chi connectivity index (χ3n) is 3.76. The smallest absolute Gasteiger partial charge is 0.167 e. The van der Waals surface area contributed by atoms with E-state index in [-0.39, 0.29) is 17.6 Å². The number of rotatable bonds is 1. The SMILES string of the molecule is O=C1C=CC=C2Oc3ccccc3C(c3cnoc3)C12. The maximum Gasteiger partial charge on any atom is 0.167 e. The quantitative estimate of drug-likeness (QED) is 0.795. The van der Waals surface area contributed by atoms with E-state index in [4.69, 9.17) is 9.26 Å². The number of ether oxygens (including phenoxy) is 1. The summed E-state index contributed by atoms with van der Waals surface area (Å²) in [5.41, 5.74) is 1.88. The average Bonchev–Trinajstić information content (AvgIpc) is 2.99. The van der Waals surface area contributed by atoms with Gasteiger partial charge in [0.25, 0.3) is 0 Å². The van der Waals surface area contributed by atoms with Crippen molar-refractivity contribution in [3.63, 3.8) is 0 Å². The Morgan fingerprint density at radius 2 is 2.05 bits per heavy atom. The van der Waals surface area contributed by atoms with Gasteiger partial charge in [-0.15, -0.1) is 0 Å². The topological polar surface area (TPSA) is 52.3 Å². The van der Waals surface area contributed by atoms with Crippen LogP contribution in [-0.2, 0) is 4.79 Å². The highest BCUT2D eigenvalue weighted by atomic mass is 16.5. The van der Waals surface area contributed by atoms with E-state index < -0.39 is 0 Å². The Bertz CT molecular complexity index is 728. The molecule has 0 fully saturated rings. The number of allylic oxidation sites excluding steroid dienone is 4. The monoisotopic (exact) mass is 265 g/mol. The molecule has 0 radical (unpaired) electrons. The Morgan fingerprint density at radius 3 is 2.90 bits per heavy atom. The van der Waals surface area contributed by atoms with E-state index in [1.54, 1.807) is 24.6 Å². The molecule has 0 spiro atoms. The molecule has 0 bridgehead atoms. The van der Waals surface area contributed by atoms with Crippen molar-refractivity contribution in [3.05, 3.63) is 71.8 Å². The molecule has 4 heteroatoms. The first-order valence-electron chi connectivity index (χ1n) is 6.43. The number of benzene rings is 1. The summed E-state index contributed by atoms with van der Waals surface area (Å²) in [6, 6.07) is 7.76. The summed E-state index contributed by atoms with van der Waals surface area (Å²) in [5.74, 6) is 1.05. The summed E-state index contributed by atoms with van der Waals surface area (Å²) in [7, 11) is 0. The van der Waals surface area contributed by atoms with Gasteiger partial charge in [0, 0.05) is 17.0 Å². The molecule has 0 amide bonds.